The van der Waals surface area contributed by atoms with Gasteiger partial charge in [0.15, 0.2) is 27.6 Å². The number of hydrogen-bond donors (Lipinski definition) is 6. The number of alkyl halides is 6. The van der Waals surface area contributed by atoms with Crippen molar-refractivity contribution in [1.82, 2.24) is 91.3 Å². The topological polar surface area (TPSA) is 368 Å². The van der Waals surface area contributed by atoms with Crippen LogP contribution >= 0.6 is 34.3 Å². The Hall–Kier alpha value is -10.2. The van der Waals surface area contributed by atoms with Crippen molar-refractivity contribution < 1.29 is 103 Å². The number of nitriles is 2. The minimum absolute atomic E-state index is 0. The van der Waals surface area contributed by atoms with E-state index in [1.54, 1.807) is 0 Å². The van der Waals surface area contributed by atoms with Crippen LogP contribution in [-0.2, 0) is 71.0 Å². The van der Waals surface area contributed by atoms with Gasteiger partial charge in [0, 0.05) is 67.0 Å². The first-order valence-electron chi connectivity index (χ1n) is 28.0. The van der Waals surface area contributed by atoms with Crippen molar-refractivity contribution >= 4 is 34.3 Å². The molecule has 0 aliphatic carbocycles. The number of H-pyrrole nitrogens is 1. The molecule has 3 atom stereocenters. The van der Waals surface area contributed by atoms with Crippen LogP contribution in [0.5, 0.6) is 22.4 Å². The van der Waals surface area contributed by atoms with Crippen molar-refractivity contribution in [3.63, 3.8) is 0 Å². The molecular weight excluding hydrogens is 1480 g/mol. The first-order chi connectivity index (χ1) is 47.3. The number of halogens is 13. The van der Waals surface area contributed by atoms with Crippen molar-refractivity contribution in [2.24, 2.45) is 0 Å². The summed E-state index contributed by atoms with van der Waals surface area (Å²) in [6.07, 6.45) is 8.54. The molecule has 11 aromatic rings. The molecule has 1 aliphatic heterocycles. The van der Waals surface area contributed by atoms with Crippen LogP contribution < -0.4 is 10.1 Å². The normalized spacial score (nSPS) is 14.1. The standard InChI is InChI=1S/C19H11F4N7O2S.C15H11F4N5O2.C14H9F4NO2.C6H15N.C4HClN2S.CH2N4.CH4.V.H2/c20-11-1-3-14(15(21)5-11)18(31,9-30-10-27-28-29-30)19(22,23)16-4-2-12(7-25-16)32-17-26-8-13(6-24)33-17;16-9-1-3-11(12(17)5-9)14(26,7-24-8-21-22-23-24)15(18,19)13-4-2-10(25)6-20-13;15-8-1-3-10(11(16)5-8)13(7-21-13)14(17,18)12-4-2-9(20)6-19-12;1-5(2)7-6(3)4;5-4-7-2-3(1-6)8-4;1-2-4-5-3-1;;;/h1-5,7-8,10,31H,9H2;1-6,8,25-26H,7H2;1-6,20H,7H2;5-7H,1-4H3;2H;1H,(H,2,3,4,5);1H4;;1H/i;;;;;;;;1+1. The fourth-order valence-corrected chi connectivity index (χ4v) is 10.0. The van der Waals surface area contributed by atoms with E-state index in [-0.39, 0.29) is 54.7 Å². The van der Waals surface area contributed by atoms with Gasteiger partial charge in [0.2, 0.25) is 0 Å². The average Bonchev–Trinajstić information content (AvgIpc) is 1.61. The van der Waals surface area contributed by atoms with Gasteiger partial charge in [0.1, 0.15) is 104 Å². The van der Waals surface area contributed by atoms with Crippen LogP contribution in [0.4, 0.5) is 52.7 Å². The molecule has 0 saturated carbocycles. The second-order valence-corrected chi connectivity index (χ2v) is 23.6. The number of epoxide rings is 1. The zero-order valence-corrected chi connectivity index (χ0v) is 55.7. The van der Waals surface area contributed by atoms with Crippen LogP contribution in [0.2, 0.25) is 4.47 Å². The molecule has 1 aliphatic rings. The molecule has 12 rings (SSSR count). The quantitative estimate of drug-likeness (QED) is 0.0364. The van der Waals surface area contributed by atoms with Gasteiger partial charge in [-0.3, -0.25) is 15.0 Å². The molecule has 0 amide bonds. The molecule has 0 spiro atoms. The fraction of sp³-hybridized carbons (Fsp3) is 0.267. The van der Waals surface area contributed by atoms with Crippen LogP contribution in [-0.4, -0.2) is 125 Å². The van der Waals surface area contributed by atoms with Gasteiger partial charge in [-0.15, -0.1) is 20.4 Å². The Bertz CT molecular complexity index is 4480. The summed E-state index contributed by atoms with van der Waals surface area (Å²) in [7, 11) is 0. The van der Waals surface area contributed by atoms with Crippen LogP contribution in [0.25, 0.3) is 0 Å². The minimum atomic E-state index is -4.19. The maximum atomic E-state index is 15.6. The Kier molecular flexibility index (Phi) is 29.1. The third-order valence-electron chi connectivity index (χ3n) is 13.2. The molecule has 3 aromatic carbocycles. The maximum absolute atomic E-state index is 15.6. The SMILES string of the molecule is C.CC(C)NC(C)C.N#Cc1cnc(Cl)s1.N#Cc1cnc(Oc2ccc(C(F)(F)C(O)(Cn3cnnn3)c3ccc(F)cc3F)nc2)s1.Oc1ccc(C(F)(F)C(O)(Cn2cnnn2)c2ccc(F)cc2F)nc1.Oc1ccc(C(F)(F)C2(c3ccc(F)cc3F)CO2)nc1.[2HH].[V].c1nn[nH]n1. The summed E-state index contributed by atoms with van der Waals surface area (Å²) < 4.78 is 185. The largest absolute Gasteiger partial charge is 0.506 e. The number of nitrogens with zero attached hydrogens (tertiary/aromatic N) is 18. The molecule has 42 heteroatoms. The van der Waals surface area contributed by atoms with E-state index in [2.05, 4.69) is 110 Å². The van der Waals surface area contributed by atoms with Gasteiger partial charge < -0.3 is 35.2 Å². The second kappa shape index (κ2) is 35.9. The molecule has 1 fully saturated rings. The number of pyridine rings is 3. The Morgan fingerprint density at radius 2 is 1.10 bits per heavy atom. The number of tetrazole rings is 3. The predicted molar refractivity (Wildman–Crippen MR) is 333 cm³/mol. The van der Waals surface area contributed by atoms with Crippen molar-refractivity contribution in [2.75, 3.05) is 6.61 Å². The first-order valence-corrected chi connectivity index (χ1v) is 30.1. The monoisotopic (exact) mass is 1530 g/mol. The molecule has 9 heterocycles. The fourth-order valence-electron chi connectivity index (χ4n) is 8.69. The number of rotatable bonds is 17. The Morgan fingerprint density at radius 3 is 1.43 bits per heavy atom. The molecule has 102 heavy (non-hydrogen) atoms. The molecule has 1 saturated heterocycles. The molecule has 1 radical (unpaired) electrons. The van der Waals surface area contributed by atoms with Crippen molar-refractivity contribution in [2.45, 2.75) is 94.9 Å². The zero-order valence-electron chi connectivity index (χ0n) is 51.9. The second-order valence-electron chi connectivity index (χ2n) is 21.0. The third-order valence-corrected chi connectivity index (χ3v) is 15.0. The summed E-state index contributed by atoms with van der Waals surface area (Å²) in [4.78, 5) is 18.9. The number of nitrogens with one attached hydrogen (secondary N) is 2. The number of aromatic nitrogens is 17. The summed E-state index contributed by atoms with van der Waals surface area (Å²) in [5, 5.41) is 92.9. The maximum Gasteiger partial charge on any atom is 0.324 e. The molecule has 539 valence electrons. The van der Waals surface area contributed by atoms with Crippen LogP contribution in [0.15, 0.2) is 141 Å². The van der Waals surface area contributed by atoms with Crippen molar-refractivity contribution in [1.29, 1.82) is 10.5 Å². The number of benzene rings is 3. The number of hydrogen-bond acceptors (Lipinski definition) is 25. The summed E-state index contributed by atoms with van der Waals surface area (Å²) in [6, 6.07) is 16.8. The molecule has 26 nitrogen and oxygen atoms in total. The van der Waals surface area contributed by atoms with E-state index in [1.807, 2.05) is 12.1 Å². The van der Waals surface area contributed by atoms with Crippen molar-refractivity contribution in [3.05, 3.63) is 224 Å². The Balaban J connectivity index is 0.000000288. The Labute approximate surface area is 595 Å². The van der Waals surface area contributed by atoms with Gasteiger partial charge in [-0.05, 0) is 93.6 Å². The summed E-state index contributed by atoms with van der Waals surface area (Å²) >= 11 is 7.52. The molecular formula is C60H55ClF12N20O6S2V. The van der Waals surface area contributed by atoms with Crippen LogP contribution in [0.1, 0.15) is 80.1 Å². The third kappa shape index (κ3) is 20.5. The van der Waals surface area contributed by atoms with Gasteiger partial charge >= 0.3 is 17.8 Å². The van der Waals surface area contributed by atoms with Crippen LogP contribution in [0, 0.1) is 57.6 Å². The number of aromatic hydroxyl groups is 2. The number of thiazole rings is 2. The van der Waals surface area contributed by atoms with Gasteiger partial charge in [-0.1, -0.05) is 74.6 Å². The number of ether oxygens (including phenoxy) is 2. The minimum Gasteiger partial charge on any atom is -0.506 e. The number of aromatic amines is 1. The average molecular weight is 1530 g/mol. The van der Waals surface area contributed by atoms with E-state index >= 15 is 17.6 Å². The van der Waals surface area contributed by atoms with E-state index in [4.69, 9.17) is 36.7 Å². The van der Waals surface area contributed by atoms with Crippen molar-refractivity contribution in [3.8, 4) is 34.6 Å². The van der Waals surface area contributed by atoms with Gasteiger partial charge in [-0.25, -0.2) is 45.7 Å². The van der Waals surface area contributed by atoms with E-state index in [1.165, 1.54) is 30.1 Å². The Morgan fingerprint density at radius 1 is 0.637 bits per heavy atom. The van der Waals surface area contributed by atoms with Gasteiger partial charge in [-0.2, -0.15) is 42.1 Å². The molecule has 8 aromatic heterocycles. The molecule has 0 bridgehead atoms. The zero-order chi connectivity index (χ0) is 73.2. The van der Waals surface area contributed by atoms with E-state index < -0.39 is 123 Å². The van der Waals surface area contributed by atoms with E-state index in [0.29, 0.717) is 45.7 Å². The summed E-state index contributed by atoms with van der Waals surface area (Å²) in [5.74, 6) is -19.3. The first kappa shape index (κ1) is 82.5. The van der Waals surface area contributed by atoms with Gasteiger partial charge in [0.25, 0.3) is 5.19 Å². The number of aliphatic hydroxyl groups is 2. The van der Waals surface area contributed by atoms with E-state index in [9.17, 15) is 50.4 Å². The predicted octanol–water partition coefficient (Wildman–Crippen LogP) is 11.1. The van der Waals surface area contributed by atoms with E-state index in [0.717, 1.165) is 119 Å². The summed E-state index contributed by atoms with van der Waals surface area (Å²) in [5.41, 5.74) is -13.3. The molecule has 6 N–H and O–H groups in total. The summed E-state index contributed by atoms with van der Waals surface area (Å²) in [6.45, 7) is 6.29. The molecule has 3 unspecified atom stereocenters. The van der Waals surface area contributed by atoms with Crippen LogP contribution in [0.3, 0.4) is 0 Å². The van der Waals surface area contributed by atoms with Gasteiger partial charge in [0.05, 0.1) is 50.7 Å². The smallest absolute Gasteiger partial charge is 0.324 e.